The maximum atomic E-state index is 9.39. The zero-order valence-electron chi connectivity index (χ0n) is 10.8. The number of fused-ring (bicyclic) bond motifs is 1. The fraction of sp³-hybridized carbons (Fsp3) is 0.462. The van der Waals surface area contributed by atoms with Crippen molar-refractivity contribution in [2.24, 2.45) is 5.92 Å². The molecule has 0 aliphatic rings. The molecular weight excluding hydrogens is 230 g/mol. The van der Waals surface area contributed by atoms with Gasteiger partial charge in [0.1, 0.15) is 12.4 Å². The van der Waals surface area contributed by atoms with E-state index >= 15 is 0 Å². The number of benzene rings is 1. The average Bonchev–Trinajstić information content (AvgIpc) is 2.66. The molecule has 3 N–H and O–H groups in total. The first-order valence-corrected chi connectivity index (χ1v) is 6.00. The van der Waals surface area contributed by atoms with Crippen LogP contribution >= 0.6 is 0 Å². The maximum absolute atomic E-state index is 9.39. The molecule has 1 aromatic carbocycles. The van der Waals surface area contributed by atoms with Gasteiger partial charge in [-0.3, -0.25) is 0 Å². The van der Waals surface area contributed by atoms with Crippen molar-refractivity contribution in [3.63, 3.8) is 0 Å². The van der Waals surface area contributed by atoms with Crippen molar-refractivity contribution in [1.82, 2.24) is 9.55 Å². The molecule has 0 fully saturated rings. The summed E-state index contributed by atoms with van der Waals surface area (Å²) in [6.07, 6.45) is 0. The highest BCUT2D eigenvalue weighted by molar-refractivity contribution is 5.79. The van der Waals surface area contributed by atoms with Crippen LogP contribution < -0.4 is 5.73 Å². The summed E-state index contributed by atoms with van der Waals surface area (Å²) < 4.78 is 7.17. The summed E-state index contributed by atoms with van der Waals surface area (Å²) in [6.45, 7) is 3.48. The van der Waals surface area contributed by atoms with Gasteiger partial charge in [-0.1, -0.05) is 6.92 Å². The minimum atomic E-state index is -0.0751. The second-order valence-electron chi connectivity index (χ2n) is 4.61. The van der Waals surface area contributed by atoms with Crippen molar-refractivity contribution in [3.05, 3.63) is 24.0 Å². The molecule has 0 spiro atoms. The number of hydrogen-bond acceptors (Lipinski definition) is 4. The van der Waals surface area contributed by atoms with Gasteiger partial charge in [0.15, 0.2) is 0 Å². The third-order valence-corrected chi connectivity index (χ3v) is 2.94. The Hall–Kier alpha value is -1.59. The molecule has 98 valence electrons. The molecule has 5 nitrogen and oxygen atoms in total. The SMILES string of the molecule is COCC(C)Cn1c(CO)nc2cc(N)ccc21. The Morgan fingerprint density at radius 1 is 1.50 bits per heavy atom. The van der Waals surface area contributed by atoms with E-state index in [4.69, 9.17) is 10.5 Å². The molecule has 2 aromatic rings. The summed E-state index contributed by atoms with van der Waals surface area (Å²) in [4.78, 5) is 4.40. The Bertz CT molecular complexity index is 536. The van der Waals surface area contributed by atoms with Gasteiger partial charge in [-0.15, -0.1) is 0 Å². The van der Waals surface area contributed by atoms with Gasteiger partial charge in [0.2, 0.25) is 0 Å². The van der Waals surface area contributed by atoms with Crippen LogP contribution in [0.3, 0.4) is 0 Å². The molecule has 5 heteroatoms. The van der Waals surface area contributed by atoms with E-state index in [-0.39, 0.29) is 6.61 Å². The minimum absolute atomic E-state index is 0.0751. The molecule has 0 radical (unpaired) electrons. The highest BCUT2D eigenvalue weighted by Gasteiger charge is 2.12. The number of aromatic nitrogens is 2. The lowest BCUT2D eigenvalue weighted by Crippen LogP contribution is -2.14. The van der Waals surface area contributed by atoms with E-state index in [1.165, 1.54) is 0 Å². The number of anilines is 1. The maximum Gasteiger partial charge on any atom is 0.135 e. The van der Waals surface area contributed by atoms with E-state index in [0.717, 1.165) is 17.6 Å². The normalized spacial score (nSPS) is 13.1. The second kappa shape index (κ2) is 5.37. The number of aliphatic hydroxyl groups is 1. The summed E-state index contributed by atoms with van der Waals surface area (Å²) in [7, 11) is 1.69. The lowest BCUT2D eigenvalue weighted by Gasteiger charge is -2.13. The molecule has 0 saturated carbocycles. The topological polar surface area (TPSA) is 73.3 Å². The van der Waals surface area contributed by atoms with Crippen LogP contribution in [0, 0.1) is 5.92 Å². The number of nitrogens with two attached hydrogens (primary N) is 1. The van der Waals surface area contributed by atoms with Gasteiger partial charge < -0.3 is 20.1 Å². The predicted molar refractivity (Wildman–Crippen MR) is 71.1 cm³/mol. The molecule has 1 heterocycles. The minimum Gasteiger partial charge on any atom is -0.399 e. The van der Waals surface area contributed by atoms with E-state index in [2.05, 4.69) is 11.9 Å². The quantitative estimate of drug-likeness (QED) is 0.785. The smallest absolute Gasteiger partial charge is 0.135 e. The number of ether oxygens (including phenoxy) is 1. The van der Waals surface area contributed by atoms with Crippen molar-refractivity contribution in [2.75, 3.05) is 19.5 Å². The summed E-state index contributed by atoms with van der Waals surface area (Å²) in [5.41, 5.74) is 8.24. The zero-order chi connectivity index (χ0) is 13.1. The number of methoxy groups -OCH3 is 1. The molecule has 0 aliphatic carbocycles. The number of nitrogens with zero attached hydrogens (tertiary/aromatic N) is 2. The Morgan fingerprint density at radius 3 is 2.94 bits per heavy atom. The van der Waals surface area contributed by atoms with Crippen molar-refractivity contribution in [1.29, 1.82) is 0 Å². The summed E-state index contributed by atoms with van der Waals surface area (Å²) in [5, 5.41) is 9.39. The summed E-state index contributed by atoms with van der Waals surface area (Å²) >= 11 is 0. The third kappa shape index (κ3) is 2.47. The van der Waals surface area contributed by atoms with Gasteiger partial charge >= 0.3 is 0 Å². The first kappa shape index (κ1) is 12.9. The van der Waals surface area contributed by atoms with Crippen molar-refractivity contribution in [2.45, 2.75) is 20.1 Å². The second-order valence-corrected chi connectivity index (χ2v) is 4.61. The van der Waals surface area contributed by atoms with E-state index in [9.17, 15) is 5.11 Å². The molecule has 0 saturated heterocycles. The predicted octanol–water partition coefficient (Wildman–Crippen LogP) is 1.39. The molecule has 2 rings (SSSR count). The monoisotopic (exact) mass is 249 g/mol. The van der Waals surface area contributed by atoms with Crippen molar-refractivity contribution >= 4 is 16.7 Å². The van der Waals surface area contributed by atoms with Crippen LogP contribution in [0.25, 0.3) is 11.0 Å². The number of rotatable bonds is 5. The van der Waals surface area contributed by atoms with Gasteiger partial charge in [0.05, 0.1) is 17.6 Å². The Balaban J connectivity index is 2.40. The molecule has 1 aromatic heterocycles. The van der Waals surface area contributed by atoms with Gasteiger partial charge in [-0.25, -0.2) is 4.98 Å². The Kier molecular flexibility index (Phi) is 3.84. The largest absolute Gasteiger partial charge is 0.399 e. The van der Waals surface area contributed by atoms with Gasteiger partial charge in [-0.2, -0.15) is 0 Å². The van der Waals surface area contributed by atoms with Crippen LogP contribution in [-0.4, -0.2) is 28.4 Å². The zero-order valence-corrected chi connectivity index (χ0v) is 10.8. The van der Waals surface area contributed by atoms with E-state index in [1.807, 2.05) is 22.8 Å². The van der Waals surface area contributed by atoms with E-state index < -0.39 is 0 Å². The van der Waals surface area contributed by atoms with Crippen molar-refractivity contribution < 1.29 is 9.84 Å². The van der Waals surface area contributed by atoms with E-state index in [0.29, 0.717) is 24.0 Å². The molecule has 1 unspecified atom stereocenters. The van der Waals surface area contributed by atoms with Gasteiger partial charge in [0, 0.05) is 19.3 Å². The lowest BCUT2D eigenvalue weighted by molar-refractivity contribution is 0.150. The lowest BCUT2D eigenvalue weighted by atomic mass is 10.2. The molecule has 1 atom stereocenters. The van der Waals surface area contributed by atoms with Crippen LogP contribution in [0.5, 0.6) is 0 Å². The average molecular weight is 249 g/mol. The van der Waals surface area contributed by atoms with Crippen LogP contribution in [0.15, 0.2) is 18.2 Å². The summed E-state index contributed by atoms with van der Waals surface area (Å²) in [6, 6.07) is 5.62. The fourth-order valence-electron chi connectivity index (χ4n) is 2.17. The number of aliphatic hydroxyl groups excluding tert-OH is 1. The standard InChI is InChI=1S/C13H19N3O2/c1-9(8-18-2)6-16-12-4-3-10(14)5-11(12)15-13(16)7-17/h3-5,9,17H,6-8,14H2,1-2H3. The molecule has 18 heavy (non-hydrogen) atoms. The summed E-state index contributed by atoms with van der Waals surface area (Å²) in [5.74, 6) is 1.02. The fourth-order valence-corrected chi connectivity index (χ4v) is 2.17. The van der Waals surface area contributed by atoms with E-state index in [1.54, 1.807) is 7.11 Å². The van der Waals surface area contributed by atoms with Crippen molar-refractivity contribution in [3.8, 4) is 0 Å². The number of hydrogen-bond donors (Lipinski definition) is 2. The number of imidazole rings is 1. The highest BCUT2D eigenvalue weighted by atomic mass is 16.5. The van der Waals surface area contributed by atoms with Gasteiger partial charge in [0.25, 0.3) is 0 Å². The third-order valence-electron chi connectivity index (χ3n) is 2.94. The first-order valence-electron chi connectivity index (χ1n) is 6.00. The molecule has 0 amide bonds. The first-order chi connectivity index (χ1) is 8.65. The van der Waals surface area contributed by atoms with Crippen LogP contribution in [-0.2, 0) is 17.9 Å². The Morgan fingerprint density at radius 2 is 2.28 bits per heavy atom. The Labute approximate surface area is 106 Å². The van der Waals surface area contributed by atoms with Crippen LogP contribution in [0.1, 0.15) is 12.7 Å². The highest BCUT2D eigenvalue weighted by Crippen LogP contribution is 2.20. The van der Waals surface area contributed by atoms with Crippen LogP contribution in [0.4, 0.5) is 5.69 Å². The molecule has 0 bridgehead atoms. The number of nitrogen functional groups attached to an aromatic ring is 1. The van der Waals surface area contributed by atoms with Crippen LogP contribution in [0.2, 0.25) is 0 Å². The molecule has 0 aliphatic heterocycles. The van der Waals surface area contributed by atoms with Gasteiger partial charge in [-0.05, 0) is 24.1 Å². The molecular formula is C13H19N3O2.